The summed E-state index contributed by atoms with van der Waals surface area (Å²) < 4.78 is 40.8. The Morgan fingerprint density at radius 3 is 2.39 bits per heavy atom. The van der Waals surface area contributed by atoms with Crippen LogP contribution in [0.4, 0.5) is 26.0 Å². The van der Waals surface area contributed by atoms with Crippen LogP contribution < -0.4 is 26.1 Å². The number of alkyl halides is 2. The first-order chi connectivity index (χ1) is 32.0. The maximum Gasteiger partial charge on any atom is 0.329 e. The number of aromatic nitrogens is 7. The second kappa shape index (κ2) is 17.5. The number of likely N-dealkylation sites (tertiary alicyclic amines) is 1. The lowest BCUT2D eigenvalue weighted by atomic mass is 9.85. The largest absolute Gasteiger partial charge is 0.374 e. The van der Waals surface area contributed by atoms with Gasteiger partial charge in [-0.1, -0.05) is 6.07 Å². The third-order valence-electron chi connectivity index (χ3n) is 15.3. The van der Waals surface area contributed by atoms with Crippen LogP contribution in [0.2, 0.25) is 0 Å². The lowest BCUT2D eigenvalue weighted by Crippen LogP contribution is -2.49. The van der Waals surface area contributed by atoms with Crippen molar-refractivity contribution in [3.8, 4) is 0 Å². The topological polar surface area (TPSA) is 172 Å². The zero-order valence-corrected chi connectivity index (χ0v) is 37.2. The fourth-order valence-corrected chi connectivity index (χ4v) is 11.6. The van der Waals surface area contributed by atoms with E-state index in [0.29, 0.717) is 36.0 Å². The third-order valence-corrected chi connectivity index (χ3v) is 15.3. The van der Waals surface area contributed by atoms with Gasteiger partial charge < -0.3 is 24.8 Å². The molecule has 4 aromatic heterocycles. The summed E-state index contributed by atoms with van der Waals surface area (Å²) in [5.41, 5.74) is 2.41. The average molecular weight is 910 g/mol. The van der Waals surface area contributed by atoms with Crippen LogP contribution in [0.1, 0.15) is 92.3 Å². The molecule has 5 aliphatic heterocycles. The Labute approximate surface area is 379 Å². The molecule has 2 N–H and O–H groups in total. The average Bonchev–Trinajstić information content (AvgIpc) is 4.18. The van der Waals surface area contributed by atoms with Crippen LogP contribution in [0, 0.1) is 11.8 Å². The Hall–Kier alpha value is -5.73. The van der Waals surface area contributed by atoms with Crippen molar-refractivity contribution >= 4 is 51.6 Å². The van der Waals surface area contributed by atoms with Crippen LogP contribution in [0.15, 0.2) is 47.7 Å². The molecule has 1 saturated carbocycles. The van der Waals surface area contributed by atoms with Crippen molar-refractivity contribution in [2.75, 3.05) is 80.6 Å². The number of piperidine rings is 2. The second-order valence-electron chi connectivity index (χ2n) is 19.3. The van der Waals surface area contributed by atoms with Crippen molar-refractivity contribution in [2.24, 2.45) is 18.9 Å². The predicted molar refractivity (Wildman–Crippen MR) is 241 cm³/mol. The number of carbonyl (C=O) groups is 3. The molecule has 6 aliphatic rings. The molecule has 1 aliphatic carbocycles. The number of imide groups is 1. The fraction of sp³-hybridized carbons (Fsp3) is 0.587. The zero-order valence-electron chi connectivity index (χ0n) is 37.2. The first-order valence-corrected chi connectivity index (χ1v) is 23.7. The molecule has 11 rings (SSSR count). The highest BCUT2D eigenvalue weighted by Crippen LogP contribution is 2.37. The van der Waals surface area contributed by atoms with E-state index in [4.69, 9.17) is 9.72 Å². The Morgan fingerprint density at radius 2 is 1.68 bits per heavy atom. The molecule has 5 saturated heterocycles. The lowest BCUT2D eigenvalue weighted by molar-refractivity contribution is -0.135. The van der Waals surface area contributed by atoms with Gasteiger partial charge in [0.05, 0.1) is 53.4 Å². The molecule has 350 valence electrons. The summed E-state index contributed by atoms with van der Waals surface area (Å²) >= 11 is 0. The van der Waals surface area contributed by atoms with Gasteiger partial charge in [-0.15, -0.1) is 0 Å². The minimum atomic E-state index is -2.85. The number of carbonyl (C=O) groups excluding carboxylic acids is 3. The summed E-state index contributed by atoms with van der Waals surface area (Å²) in [4.78, 5) is 66.0. The van der Waals surface area contributed by atoms with E-state index in [1.807, 2.05) is 18.2 Å². The van der Waals surface area contributed by atoms with Gasteiger partial charge >= 0.3 is 5.69 Å². The van der Waals surface area contributed by atoms with Crippen LogP contribution in [-0.2, 0) is 21.4 Å². The number of amides is 3. The number of benzene rings is 1. The number of nitrogens with zero attached hydrogens (tertiary/aromatic N) is 11. The standard InChI is InChI=1S/C46H57F2N13O5/c1-54-41-35(3-2-4-36(41)61(46(54)65)37-9-10-39(62)52-45(37)64)57-19-17-56(18-20-57)24-29-11-14-55(15-12-29)23-28-5-7-30(8-6-28)60-26-34(40(53-60)42(47)48)50-44(63)33-22-49-59-16-13-38(51-43(33)59)58-25-32-21-31(58)27-66-32/h2-4,13,16,22,26,28-32,37,42H,5-12,14-15,17-21,23-25,27H2,1H3,(H,50,63)(H,52,62,64)/t28-,30-,31-,32-,37?/m0/s1. The first-order valence-electron chi connectivity index (χ1n) is 23.7. The number of piperazine rings is 1. The van der Waals surface area contributed by atoms with E-state index in [1.165, 1.54) is 10.7 Å². The number of imidazole rings is 1. The summed E-state index contributed by atoms with van der Waals surface area (Å²) in [5, 5.41) is 13.7. The summed E-state index contributed by atoms with van der Waals surface area (Å²) in [7, 11) is 1.75. The predicted octanol–water partition coefficient (Wildman–Crippen LogP) is 3.99. The number of ether oxygens (including phenoxy) is 1. The van der Waals surface area contributed by atoms with Gasteiger partial charge in [-0.05, 0) is 94.5 Å². The molecule has 1 aromatic carbocycles. The first kappa shape index (κ1) is 42.9. The number of morpholine rings is 1. The van der Waals surface area contributed by atoms with E-state index in [1.54, 1.807) is 33.3 Å². The summed E-state index contributed by atoms with van der Waals surface area (Å²) in [6, 6.07) is 7.28. The normalized spacial score (nSPS) is 25.8. The maximum absolute atomic E-state index is 14.3. The summed E-state index contributed by atoms with van der Waals surface area (Å²) in [6.45, 7) is 9.20. The fourth-order valence-electron chi connectivity index (χ4n) is 11.6. The molecule has 0 spiro atoms. The van der Waals surface area contributed by atoms with Gasteiger partial charge in [0, 0.05) is 71.7 Å². The number of nitrogens with one attached hydrogen (secondary N) is 2. The van der Waals surface area contributed by atoms with E-state index in [2.05, 4.69) is 46.5 Å². The van der Waals surface area contributed by atoms with Crippen LogP contribution in [0.25, 0.3) is 16.7 Å². The molecular formula is C46H57F2N13O5. The quantitative estimate of drug-likeness (QED) is 0.183. The van der Waals surface area contributed by atoms with Crippen LogP contribution in [-0.4, -0.2) is 139 Å². The molecule has 6 fully saturated rings. The third kappa shape index (κ3) is 8.03. The molecule has 20 heteroatoms. The van der Waals surface area contributed by atoms with Gasteiger partial charge in [0.25, 0.3) is 12.3 Å². The molecule has 5 aromatic rings. The molecule has 9 heterocycles. The van der Waals surface area contributed by atoms with Gasteiger partial charge in [0.2, 0.25) is 11.8 Å². The number of para-hydroxylation sites is 1. The Kier molecular flexibility index (Phi) is 11.4. The number of hydrogen-bond acceptors (Lipinski definition) is 12. The van der Waals surface area contributed by atoms with Crippen molar-refractivity contribution in [1.29, 1.82) is 0 Å². The number of anilines is 3. The molecule has 18 nitrogen and oxygen atoms in total. The summed E-state index contributed by atoms with van der Waals surface area (Å²) in [5.74, 6) is 0.625. The second-order valence-corrected chi connectivity index (χ2v) is 19.3. The van der Waals surface area contributed by atoms with Crippen molar-refractivity contribution < 1.29 is 27.9 Å². The molecule has 3 atom stereocenters. The minimum absolute atomic E-state index is 0.0105. The molecule has 0 radical (unpaired) electrons. The highest BCUT2D eigenvalue weighted by molar-refractivity contribution is 6.08. The number of hydrogen-bond donors (Lipinski definition) is 2. The van der Waals surface area contributed by atoms with Crippen molar-refractivity contribution in [2.45, 2.75) is 88.4 Å². The molecule has 2 bridgehead atoms. The van der Waals surface area contributed by atoms with Crippen molar-refractivity contribution in [1.82, 2.24) is 48.6 Å². The van der Waals surface area contributed by atoms with Gasteiger partial charge in [-0.3, -0.25) is 38.4 Å². The van der Waals surface area contributed by atoms with E-state index < -0.39 is 30.0 Å². The van der Waals surface area contributed by atoms with Gasteiger partial charge in [-0.2, -0.15) is 10.2 Å². The van der Waals surface area contributed by atoms with Crippen LogP contribution in [0.5, 0.6) is 0 Å². The highest BCUT2D eigenvalue weighted by Gasteiger charge is 2.40. The number of fused-ring (bicyclic) bond motifs is 4. The van der Waals surface area contributed by atoms with Crippen molar-refractivity contribution in [3.05, 3.63) is 64.6 Å². The number of aryl methyl sites for hydroxylation is 1. The van der Waals surface area contributed by atoms with Crippen LogP contribution in [0.3, 0.4) is 0 Å². The Morgan fingerprint density at radius 1 is 0.924 bits per heavy atom. The molecule has 1 unspecified atom stereocenters. The Balaban J connectivity index is 0.646. The monoisotopic (exact) mass is 909 g/mol. The van der Waals surface area contributed by atoms with Gasteiger partial charge in [0.15, 0.2) is 11.3 Å². The van der Waals surface area contributed by atoms with Gasteiger partial charge in [0.1, 0.15) is 17.4 Å². The number of rotatable bonds is 11. The molecule has 66 heavy (non-hydrogen) atoms. The molecule has 3 amide bonds. The van der Waals surface area contributed by atoms with E-state index in [-0.39, 0.29) is 47.5 Å². The number of halogens is 2. The van der Waals surface area contributed by atoms with Crippen LogP contribution >= 0.6 is 0 Å². The molecular weight excluding hydrogens is 853 g/mol. The van der Waals surface area contributed by atoms with Gasteiger partial charge in [-0.25, -0.2) is 23.1 Å². The van der Waals surface area contributed by atoms with Crippen molar-refractivity contribution in [3.63, 3.8) is 0 Å². The SMILES string of the molecule is Cn1c(=O)n(C2CCC(=O)NC2=O)c2cccc(N3CCN(CC4CCN(C[C@H]5CC[C@H](n6cc(NC(=O)c7cnn8ccc(N9C[C@@H]%10C[C@H]9CO%10)nc78)c(C(F)F)n6)CC5)CC4)CC3)c21. The lowest BCUT2D eigenvalue weighted by Gasteiger charge is -2.40. The van der Waals surface area contributed by atoms with E-state index in [9.17, 15) is 28.0 Å². The van der Waals surface area contributed by atoms with E-state index in [0.717, 1.165) is 121 Å². The highest BCUT2D eigenvalue weighted by atomic mass is 19.3. The Bertz CT molecular complexity index is 2710. The zero-order chi connectivity index (χ0) is 45.2. The maximum atomic E-state index is 14.3. The van der Waals surface area contributed by atoms with E-state index >= 15 is 0 Å². The smallest absolute Gasteiger partial charge is 0.329 e. The minimum Gasteiger partial charge on any atom is -0.374 e. The summed E-state index contributed by atoms with van der Waals surface area (Å²) in [6.07, 6.45) is 9.53.